The molecule has 2 amide bonds. The molecular weight excluding hydrogens is 264 g/mol. The van der Waals surface area contributed by atoms with E-state index in [9.17, 15) is 9.59 Å². The van der Waals surface area contributed by atoms with Crippen molar-refractivity contribution in [3.8, 4) is 0 Å². The highest BCUT2D eigenvalue weighted by molar-refractivity contribution is 6.31. The lowest BCUT2D eigenvalue weighted by molar-refractivity contribution is -0.134. The summed E-state index contributed by atoms with van der Waals surface area (Å²) in [4.78, 5) is 24.6. The fraction of sp³-hybridized carbons (Fsp3) is 0.429. The van der Waals surface area contributed by atoms with E-state index in [1.54, 1.807) is 6.07 Å². The van der Waals surface area contributed by atoms with E-state index in [4.69, 9.17) is 11.6 Å². The minimum absolute atomic E-state index is 0.0882. The van der Waals surface area contributed by atoms with Crippen molar-refractivity contribution in [2.45, 2.75) is 26.8 Å². The molecule has 0 fully saturated rings. The van der Waals surface area contributed by atoms with E-state index in [-0.39, 0.29) is 18.4 Å². The van der Waals surface area contributed by atoms with Crippen LogP contribution in [0.1, 0.15) is 25.8 Å². The number of hydrogen-bond acceptors (Lipinski definition) is 2. The molecule has 0 bridgehead atoms. The Hall–Kier alpha value is -1.55. The monoisotopic (exact) mass is 282 g/mol. The highest BCUT2D eigenvalue weighted by Gasteiger charge is 2.12. The second kappa shape index (κ2) is 7.79. The predicted octanol–water partition coefficient (Wildman–Crippen LogP) is 2.21. The van der Waals surface area contributed by atoms with Crippen molar-refractivity contribution >= 4 is 23.4 Å². The number of carbonyl (C=O) groups excluding carboxylic acids is 2. The number of hydrogen-bond donors (Lipinski definition) is 1. The van der Waals surface area contributed by atoms with E-state index in [0.29, 0.717) is 18.1 Å². The SMILES string of the molecule is CCCN(CC(=O)NCc1ccccc1Cl)C(C)=O. The summed E-state index contributed by atoms with van der Waals surface area (Å²) >= 11 is 6.00. The Bertz CT molecular complexity index is 449. The number of amides is 2. The van der Waals surface area contributed by atoms with Gasteiger partial charge in [-0.3, -0.25) is 9.59 Å². The van der Waals surface area contributed by atoms with E-state index >= 15 is 0 Å². The van der Waals surface area contributed by atoms with Crippen LogP contribution in [0, 0.1) is 0 Å². The van der Waals surface area contributed by atoms with E-state index in [1.165, 1.54) is 11.8 Å². The van der Waals surface area contributed by atoms with E-state index < -0.39 is 0 Å². The second-order valence-corrected chi connectivity index (χ2v) is 4.72. The van der Waals surface area contributed by atoms with Gasteiger partial charge in [-0.2, -0.15) is 0 Å². The number of carbonyl (C=O) groups is 2. The fourth-order valence-corrected chi connectivity index (χ4v) is 1.89. The van der Waals surface area contributed by atoms with E-state index in [0.717, 1.165) is 12.0 Å². The Labute approximate surface area is 118 Å². The van der Waals surface area contributed by atoms with E-state index in [1.807, 2.05) is 25.1 Å². The maximum absolute atomic E-state index is 11.8. The molecule has 0 radical (unpaired) electrons. The zero-order chi connectivity index (χ0) is 14.3. The van der Waals surface area contributed by atoms with Crippen LogP contribution < -0.4 is 5.32 Å². The topological polar surface area (TPSA) is 49.4 Å². The van der Waals surface area contributed by atoms with Gasteiger partial charge < -0.3 is 10.2 Å². The lowest BCUT2D eigenvalue weighted by Gasteiger charge is -2.19. The molecule has 0 atom stereocenters. The first kappa shape index (κ1) is 15.5. The largest absolute Gasteiger partial charge is 0.350 e. The molecular formula is C14H19ClN2O2. The molecule has 0 unspecified atom stereocenters. The Morgan fingerprint density at radius 3 is 2.58 bits per heavy atom. The minimum Gasteiger partial charge on any atom is -0.350 e. The molecule has 1 N–H and O–H groups in total. The molecule has 1 rings (SSSR count). The van der Waals surface area contributed by atoms with Gasteiger partial charge in [0, 0.05) is 25.0 Å². The molecule has 0 aromatic heterocycles. The standard InChI is InChI=1S/C14H19ClN2O2/c1-3-8-17(11(2)18)10-14(19)16-9-12-6-4-5-7-13(12)15/h4-7H,3,8-10H2,1-2H3,(H,16,19). The zero-order valence-corrected chi connectivity index (χ0v) is 12.0. The average molecular weight is 283 g/mol. The van der Waals surface area contributed by atoms with Crippen LogP contribution in [0.25, 0.3) is 0 Å². The summed E-state index contributed by atoms with van der Waals surface area (Å²) in [5.41, 5.74) is 0.863. The van der Waals surface area contributed by atoms with Gasteiger partial charge in [-0.05, 0) is 18.1 Å². The molecule has 4 nitrogen and oxygen atoms in total. The molecule has 0 aliphatic rings. The highest BCUT2D eigenvalue weighted by atomic mass is 35.5. The summed E-state index contributed by atoms with van der Waals surface area (Å²) in [5, 5.41) is 3.39. The van der Waals surface area contributed by atoms with Crippen molar-refractivity contribution < 1.29 is 9.59 Å². The normalized spacial score (nSPS) is 10.1. The van der Waals surface area contributed by atoms with Gasteiger partial charge in [0.05, 0.1) is 6.54 Å². The van der Waals surface area contributed by atoms with Crippen molar-refractivity contribution in [3.63, 3.8) is 0 Å². The number of rotatable bonds is 6. The van der Waals surface area contributed by atoms with Crippen LogP contribution in [0.4, 0.5) is 0 Å². The van der Waals surface area contributed by atoms with Gasteiger partial charge in [-0.25, -0.2) is 0 Å². The third kappa shape index (κ3) is 5.30. The van der Waals surface area contributed by atoms with E-state index in [2.05, 4.69) is 5.32 Å². The summed E-state index contributed by atoms with van der Waals surface area (Å²) in [6, 6.07) is 7.35. The minimum atomic E-state index is -0.177. The Morgan fingerprint density at radius 1 is 1.32 bits per heavy atom. The van der Waals surface area contributed by atoms with Crippen molar-refractivity contribution in [1.82, 2.24) is 10.2 Å². The molecule has 0 saturated heterocycles. The van der Waals surface area contributed by atoms with Crippen molar-refractivity contribution in [3.05, 3.63) is 34.9 Å². The molecule has 0 aliphatic carbocycles. The predicted molar refractivity (Wildman–Crippen MR) is 75.8 cm³/mol. The molecule has 0 heterocycles. The first-order chi connectivity index (χ1) is 9.04. The number of benzene rings is 1. The quantitative estimate of drug-likeness (QED) is 0.870. The lowest BCUT2D eigenvalue weighted by Crippen LogP contribution is -2.39. The third-order valence-electron chi connectivity index (χ3n) is 2.71. The first-order valence-corrected chi connectivity index (χ1v) is 6.68. The summed E-state index contributed by atoms with van der Waals surface area (Å²) in [6.45, 7) is 4.49. The Balaban J connectivity index is 2.47. The second-order valence-electron chi connectivity index (χ2n) is 4.31. The third-order valence-corrected chi connectivity index (χ3v) is 3.08. The summed E-state index contributed by atoms with van der Waals surface area (Å²) < 4.78 is 0. The van der Waals surface area contributed by atoms with Crippen LogP contribution in [-0.4, -0.2) is 29.8 Å². The van der Waals surface area contributed by atoms with Crippen molar-refractivity contribution in [2.75, 3.05) is 13.1 Å². The molecule has 0 aliphatic heterocycles. The van der Waals surface area contributed by atoms with Crippen LogP contribution in [0.5, 0.6) is 0 Å². The summed E-state index contributed by atoms with van der Waals surface area (Å²) in [6.07, 6.45) is 0.831. The smallest absolute Gasteiger partial charge is 0.239 e. The highest BCUT2D eigenvalue weighted by Crippen LogP contribution is 2.14. The fourth-order valence-electron chi connectivity index (χ4n) is 1.68. The molecule has 5 heteroatoms. The zero-order valence-electron chi connectivity index (χ0n) is 11.3. The lowest BCUT2D eigenvalue weighted by atomic mass is 10.2. The number of nitrogens with one attached hydrogen (secondary N) is 1. The van der Waals surface area contributed by atoms with Crippen molar-refractivity contribution in [2.24, 2.45) is 0 Å². The van der Waals surface area contributed by atoms with Crippen LogP contribution >= 0.6 is 11.6 Å². The van der Waals surface area contributed by atoms with Gasteiger partial charge in [-0.15, -0.1) is 0 Å². The van der Waals surface area contributed by atoms with Crippen LogP contribution in [0.3, 0.4) is 0 Å². The van der Waals surface area contributed by atoms with Gasteiger partial charge >= 0.3 is 0 Å². The average Bonchev–Trinajstić information content (AvgIpc) is 2.37. The molecule has 1 aromatic carbocycles. The molecule has 0 saturated carbocycles. The maximum atomic E-state index is 11.8. The van der Waals surface area contributed by atoms with Gasteiger partial charge in [0.2, 0.25) is 11.8 Å². The molecule has 19 heavy (non-hydrogen) atoms. The summed E-state index contributed by atoms with van der Waals surface area (Å²) in [7, 11) is 0. The van der Waals surface area contributed by atoms with Gasteiger partial charge in [0.15, 0.2) is 0 Å². The van der Waals surface area contributed by atoms with Gasteiger partial charge in [0.1, 0.15) is 0 Å². The summed E-state index contributed by atoms with van der Waals surface area (Å²) in [5.74, 6) is -0.265. The van der Waals surface area contributed by atoms with Crippen LogP contribution in [0.2, 0.25) is 5.02 Å². The molecule has 104 valence electrons. The van der Waals surface area contributed by atoms with Gasteiger partial charge in [0.25, 0.3) is 0 Å². The Kier molecular flexibility index (Phi) is 6.36. The van der Waals surface area contributed by atoms with Crippen LogP contribution in [-0.2, 0) is 16.1 Å². The van der Waals surface area contributed by atoms with Crippen molar-refractivity contribution in [1.29, 1.82) is 0 Å². The molecule has 0 spiro atoms. The first-order valence-electron chi connectivity index (χ1n) is 6.30. The van der Waals surface area contributed by atoms with Crippen LogP contribution in [0.15, 0.2) is 24.3 Å². The maximum Gasteiger partial charge on any atom is 0.239 e. The number of halogens is 1. The van der Waals surface area contributed by atoms with Gasteiger partial charge in [-0.1, -0.05) is 36.7 Å². The Morgan fingerprint density at radius 2 is 2.00 bits per heavy atom. The molecule has 1 aromatic rings. The number of nitrogens with zero attached hydrogens (tertiary/aromatic N) is 1.